The second-order valence-corrected chi connectivity index (χ2v) is 5.69. The zero-order chi connectivity index (χ0) is 16.7. The van der Waals surface area contributed by atoms with Crippen LogP contribution in [-0.2, 0) is 0 Å². The quantitative estimate of drug-likeness (QED) is 0.572. The molecule has 0 radical (unpaired) electrons. The normalized spacial score (nSPS) is 11.1. The third-order valence-electron chi connectivity index (χ3n) is 3.81. The molecule has 7 heteroatoms. The van der Waals surface area contributed by atoms with Crippen LogP contribution in [0.1, 0.15) is 5.69 Å². The van der Waals surface area contributed by atoms with E-state index in [-0.39, 0.29) is 0 Å². The lowest BCUT2D eigenvalue weighted by atomic mass is 10.2. The van der Waals surface area contributed by atoms with Gasteiger partial charge in [0, 0.05) is 11.5 Å². The molecule has 4 aromatic rings. The maximum Gasteiger partial charge on any atom is 0.213 e. The van der Waals surface area contributed by atoms with Crippen molar-refractivity contribution in [1.82, 2.24) is 19.6 Å². The number of hydrogen-bond donors (Lipinski definition) is 1. The van der Waals surface area contributed by atoms with E-state index in [0.717, 1.165) is 28.0 Å². The van der Waals surface area contributed by atoms with Gasteiger partial charge >= 0.3 is 0 Å². The summed E-state index contributed by atoms with van der Waals surface area (Å²) in [6, 6.07) is 11.5. The minimum Gasteiger partial charge on any atom is -0.481 e. The highest BCUT2D eigenvalue weighted by atomic mass is 35.5. The smallest absolute Gasteiger partial charge is 0.213 e. The second kappa shape index (κ2) is 5.65. The summed E-state index contributed by atoms with van der Waals surface area (Å²) in [5.74, 6) is 0.560. The summed E-state index contributed by atoms with van der Waals surface area (Å²) >= 11 is 6.35. The van der Waals surface area contributed by atoms with Crippen molar-refractivity contribution in [2.24, 2.45) is 0 Å². The molecule has 0 saturated heterocycles. The summed E-state index contributed by atoms with van der Waals surface area (Å²) < 4.78 is 6.88. The molecule has 0 unspecified atom stereocenters. The van der Waals surface area contributed by atoms with Crippen molar-refractivity contribution in [3.05, 3.63) is 53.4 Å². The number of benzene rings is 1. The summed E-state index contributed by atoms with van der Waals surface area (Å²) in [5, 5.41) is 9.24. The van der Waals surface area contributed by atoms with Gasteiger partial charge in [0.25, 0.3) is 0 Å². The van der Waals surface area contributed by atoms with E-state index in [1.165, 1.54) is 0 Å². The fraction of sp³-hybridized carbons (Fsp3) is 0.118. The van der Waals surface area contributed by atoms with Gasteiger partial charge in [0.05, 0.1) is 30.2 Å². The van der Waals surface area contributed by atoms with Gasteiger partial charge in [0.2, 0.25) is 5.88 Å². The molecular weight excluding hydrogens is 326 g/mol. The Hall–Kier alpha value is -2.86. The van der Waals surface area contributed by atoms with E-state index in [1.54, 1.807) is 23.9 Å². The Labute approximate surface area is 143 Å². The fourth-order valence-corrected chi connectivity index (χ4v) is 2.88. The lowest BCUT2D eigenvalue weighted by Crippen LogP contribution is -1.96. The molecule has 0 bridgehead atoms. The summed E-state index contributed by atoms with van der Waals surface area (Å²) in [6.07, 6.45) is 1.70. The van der Waals surface area contributed by atoms with Crippen LogP contribution in [0.5, 0.6) is 5.88 Å². The molecule has 4 rings (SSSR count). The molecule has 24 heavy (non-hydrogen) atoms. The zero-order valence-electron chi connectivity index (χ0n) is 13.1. The Morgan fingerprint density at radius 3 is 2.75 bits per heavy atom. The van der Waals surface area contributed by atoms with Crippen LogP contribution in [0, 0.1) is 6.92 Å². The van der Waals surface area contributed by atoms with Crippen molar-refractivity contribution in [3.8, 4) is 5.88 Å². The average Bonchev–Trinajstić information content (AvgIpc) is 2.92. The van der Waals surface area contributed by atoms with Gasteiger partial charge in [-0.05, 0) is 25.1 Å². The lowest BCUT2D eigenvalue weighted by molar-refractivity contribution is 0.398. The number of pyridine rings is 1. The van der Waals surface area contributed by atoms with Gasteiger partial charge in [-0.1, -0.05) is 23.7 Å². The van der Waals surface area contributed by atoms with E-state index in [9.17, 15) is 0 Å². The van der Waals surface area contributed by atoms with Crippen molar-refractivity contribution >= 4 is 39.5 Å². The fourth-order valence-electron chi connectivity index (χ4n) is 2.64. The number of nitrogens with one attached hydrogen (secondary N) is 1. The summed E-state index contributed by atoms with van der Waals surface area (Å²) in [7, 11) is 1.59. The largest absolute Gasteiger partial charge is 0.481 e. The van der Waals surface area contributed by atoms with E-state index in [2.05, 4.69) is 20.4 Å². The molecule has 1 aromatic carbocycles. The zero-order valence-corrected chi connectivity index (χ0v) is 13.9. The van der Waals surface area contributed by atoms with Crippen molar-refractivity contribution in [3.63, 3.8) is 0 Å². The molecule has 0 aliphatic carbocycles. The predicted octanol–water partition coefficient (Wildman–Crippen LogP) is 3.99. The topological polar surface area (TPSA) is 64.3 Å². The molecule has 120 valence electrons. The van der Waals surface area contributed by atoms with Gasteiger partial charge in [-0.15, -0.1) is 0 Å². The van der Waals surface area contributed by atoms with Gasteiger partial charge in [-0.2, -0.15) is 5.10 Å². The van der Waals surface area contributed by atoms with Crippen LogP contribution >= 0.6 is 11.6 Å². The summed E-state index contributed by atoms with van der Waals surface area (Å²) in [5.41, 5.74) is 4.03. The molecule has 6 nitrogen and oxygen atoms in total. The third-order valence-corrected chi connectivity index (χ3v) is 4.10. The number of fused-ring (bicyclic) bond motifs is 3. The Morgan fingerprint density at radius 1 is 1.17 bits per heavy atom. The Morgan fingerprint density at radius 2 is 2.00 bits per heavy atom. The number of halogens is 1. The van der Waals surface area contributed by atoms with Crippen LogP contribution in [-0.4, -0.2) is 26.7 Å². The first-order valence-corrected chi connectivity index (χ1v) is 7.76. The van der Waals surface area contributed by atoms with Crippen LogP contribution in [0.3, 0.4) is 0 Å². The molecule has 0 spiro atoms. The van der Waals surface area contributed by atoms with Gasteiger partial charge in [-0.25, -0.2) is 14.5 Å². The van der Waals surface area contributed by atoms with Gasteiger partial charge in [0.15, 0.2) is 5.65 Å². The second-order valence-electron chi connectivity index (χ2n) is 5.33. The maximum atomic E-state index is 6.35. The number of rotatable bonds is 3. The first kappa shape index (κ1) is 14.7. The van der Waals surface area contributed by atoms with Crippen LogP contribution in [0.4, 0.5) is 11.4 Å². The average molecular weight is 340 g/mol. The molecule has 0 amide bonds. The highest BCUT2D eigenvalue weighted by molar-refractivity contribution is 6.34. The van der Waals surface area contributed by atoms with E-state index >= 15 is 0 Å². The highest BCUT2D eigenvalue weighted by Crippen LogP contribution is 2.30. The lowest BCUT2D eigenvalue weighted by Gasteiger charge is -2.07. The number of ether oxygens (including phenoxy) is 1. The van der Waals surface area contributed by atoms with Crippen LogP contribution < -0.4 is 10.1 Å². The number of nitrogens with zero attached hydrogens (tertiary/aromatic N) is 4. The Balaban J connectivity index is 1.87. The molecule has 0 aliphatic heterocycles. The summed E-state index contributed by atoms with van der Waals surface area (Å²) in [4.78, 5) is 8.71. The monoisotopic (exact) mass is 339 g/mol. The first-order chi connectivity index (χ1) is 11.7. The van der Waals surface area contributed by atoms with E-state index < -0.39 is 0 Å². The molecule has 3 heterocycles. The summed E-state index contributed by atoms with van der Waals surface area (Å²) in [6.45, 7) is 1.93. The maximum absolute atomic E-state index is 6.35. The molecule has 1 N–H and O–H groups in total. The van der Waals surface area contributed by atoms with Crippen molar-refractivity contribution in [2.75, 3.05) is 12.4 Å². The number of hydrogen-bond acceptors (Lipinski definition) is 5. The van der Waals surface area contributed by atoms with Crippen LogP contribution in [0.25, 0.3) is 16.6 Å². The van der Waals surface area contributed by atoms with Gasteiger partial charge in [-0.3, -0.25) is 0 Å². The number of aromatic nitrogens is 4. The van der Waals surface area contributed by atoms with E-state index in [1.807, 2.05) is 37.3 Å². The minimum atomic E-state index is 0.453. The Kier molecular flexibility index (Phi) is 3.46. The van der Waals surface area contributed by atoms with Crippen molar-refractivity contribution in [2.45, 2.75) is 6.92 Å². The molecular formula is C17H14ClN5O. The molecule has 0 aliphatic rings. The minimum absolute atomic E-state index is 0.453. The number of anilines is 2. The van der Waals surface area contributed by atoms with Crippen molar-refractivity contribution < 1.29 is 4.74 Å². The van der Waals surface area contributed by atoms with Crippen molar-refractivity contribution in [1.29, 1.82) is 0 Å². The third kappa shape index (κ3) is 2.32. The van der Waals surface area contributed by atoms with E-state index in [0.29, 0.717) is 16.7 Å². The molecule has 0 saturated carbocycles. The highest BCUT2D eigenvalue weighted by Gasteiger charge is 2.15. The molecule has 0 atom stereocenters. The van der Waals surface area contributed by atoms with Crippen LogP contribution in [0.2, 0.25) is 5.15 Å². The van der Waals surface area contributed by atoms with E-state index in [4.69, 9.17) is 16.3 Å². The van der Waals surface area contributed by atoms with Gasteiger partial charge < -0.3 is 10.1 Å². The number of para-hydroxylation sites is 1. The number of methoxy groups -OCH3 is 1. The first-order valence-electron chi connectivity index (χ1n) is 7.38. The van der Waals surface area contributed by atoms with Crippen LogP contribution in [0.15, 0.2) is 42.6 Å². The molecule has 0 fully saturated rings. The molecule has 3 aromatic heterocycles. The Bertz CT molecular complexity index is 1040. The standard InChI is InChI=1S/C17H14ClN5O/c1-10-15(20-11-7-8-14(24-2)19-9-11)17-21-16(18)12-5-3-4-6-13(12)23(17)22-10/h3-9,20H,1-2H3. The van der Waals surface area contributed by atoms with Gasteiger partial charge in [0.1, 0.15) is 10.8 Å². The SMILES string of the molecule is COc1ccc(Nc2c(C)nn3c2nc(Cl)c2ccccc23)cn1. The number of aryl methyl sites for hydroxylation is 1. The predicted molar refractivity (Wildman–Crippen MR) is 94.3 cm³/mol.